The number of aliphatic hydroxyl groups excluding tert-OH is 1. The van der Waals surface area contributed by atoms with Gasteiger partial charge in [0.05, 0.1) is 4.90 Å². The maximum absolute atomic E-state index is 12.5. The Morgan fingerprint density at radius 2 is 1.73 bits per heavy atom. The third-order valence-corrected chi connectivity index (χ3v) is 6.09. The molecule has 0 amide bonds. The SMILES string of the molecule is O=C(O)CCc1ccccc1OCC(O)C=Cc1cccc(NS(=O)(=O)c2ccccc2)c1. The van der Waals surface area contributed by atoms with E-state index in [-0.39, 0.29) is 17.9 Å². The molecule has 0 spiro atoms. The van der Waals surface area contributed by atoms with Crippen LogP contribution >= 0.6 is 0 Å². The van der Waals surface area contributed by atoms with Crippen molar-refractivity contribution < 1.29 is 28.2 Å². The number of rotatable bonds is 11. The molecule has 0 fully saturated rings. The van der Waals surface area contributed by atoms with Crippen molar-refractivity contribution in [3.63, 3.8) is 0 Å². The minimum atomic E-state index is -3.70. The number of anilines is 1. The fraction of sp³-hybridized carbons (Fsp3) is 0.160. The standard InChI is InChI=1S/C25H25NO6S/c27-22(18-32-24-12-5-4-8-20(24)14-16-25(28)29)15-13-19-7-6-9-21(17-19)26-33(30,31)23-10-2-1-3-11-23/h1-13,15,17,22,26-27H,14,16,18H2,(H,28,29). The number of aliphatic carboxylic acids is 1. The molecule has 1 atom stereocenters. The third kappa shape index (κ3) is 7.48. The van der Waals surface area contributed by atoms with Gasteiger partial charge in [-0.15, -0.1) is 0 Å². The molecule has 0 saturated carbocycles. The average Bonchev–Trinajstić information content (AvgIpc) is 2.81. The predicted molar refractivity (Wildman–Crippen MR) is 127 cm³/mol. The number of nitrogens with one attached hydrogen (secondary N) is 1. The average molecular weight is 468 g/mol. The van der Waals surface area contributed by atoms with Crippen LogP contribution in [0.15, 0.2) is 89.8 Å². The smallest absolute Gasteiger partial charge is 0.303 e. The van der Waals surface area contributed by atoms with Crippen LogP contribution in [-0.2, 0) is 21.2 Å². The number of hydrogen-bond acceptors (Lipinski definition) is 5. The fourth-order valence-electron chi connectivity index (χ4n) is 3.07. The summed E-state index contributed by atoms with van der Waals surface area (Å²) in [5.74, 6) is -0.357. The van der Waals surface area contributed by atoms with Gasteiger partial charge in [0, 0.05) is 12.1 Å². The summed E-state index contributed by atoms with van der Waals surface area (Å²) in [7, 11) is -3.70. The normalized spacial score (nSPS) is 12.4. The summed E-state index contributed by atoms with van der Waals surface area (Å²) in [5.41, 5.74) is 1.86. The predicted octanol–water partition coefficient (Wildman–Crippen LogP) is 3.96. The molecule has 7 nitrogen and oxygen atoms in total. The molecule has 0 aromatic heterocycles. The minimum absolute atomic E-state index is 0.00675. The zero-order valence-electron chi connectivity index (χ0n) is 17.8. The Morgan fingerprint density at radius 3 is 2.48 bits per heavy atom. The van der Waals surface area contributed by atoms with Crippen molar-refractivity contribution in [1.82, 2.24) is 0 Å². The van der Waals surface area contributed by atoms with Crippen LogP contribution in [-0.4, -0.2) is 37.3 Å². The first-order valence-corrected chi connectivity index (χ1v) is 11.8. The van der Waals surface area contributed by atoms with Crippen molar-refractivity contribution in [2.24, 2.45) is 0 Å². The summed E-state index contributed by atoms with van der Waals surface area (Å²) < 4.78 is 33.2. The lowest BCUT2D eigenvalue weighted by molar-refractivity contribution is -0.136. The van der Waals surface area contributed by atoms with Gasteiger partial charge in [-0.2, -0.15) is 0 Å². The van der Waals surface area contributed by atoms with Gasteiger partial charge in [-0.05, 0) is 47.9 Å². The third-order valence-electron chi connectivity index (χ3n) is 4.69. The number of carbonyl (C=O) groups is 1. The first-order valence-electron chi connectivity index (χ1n) is 10.3. The number of carboxylic acid groups (broad SMARTS) is 1. The van der Waals surface area contributed by atoms with Crippen LogP contribution in [0.3, 0.4) is 0 Å². The van der Waals surface area contributed by atoms with E-state index in [2.05, 4.69) is 4.72 Å². The second-order valence-corrected chi connectivity index (χ2v) is 8.97. The molecule has 8 heteroatoms. The summed E-state index contributed by atoms with van der Waals surface area (Å²) in [6.45, 7) is -0.0130. The van der Waals surface area contributed by atoms with Gasteiger partial charge in [0.15, 0.2) is 0 Å². The van der Waals surface area contributed by atoms with Gasteiger partial charge in [-0.1, -0.05) is 60.7 Å². The highest BCUT2D eigenvalue weighted by atomic mass is 32.2. The largest absolute Gasteiger partial charge is 0.490 e. The van der Waals surface area contributed by atoms with Gasteiger partial charge in [0.1, 0.15) is 18.5 Å². The lowest BCUT2D eigenvalue weighted by Crippen LogP contribution is -2.15. The Hall–Kier alpha value is -3.62. The van der Waals surface area contributed by atoms with Gasteiger partial charge in [0.25, 0.3) is 10.0 Å². The summed E-state index contributed by atoms with van der Waals surface area (Å²) in [6, 6.07) is 22.0. The van der Waals surface area contributed by atoms with E-state index in [0.29, 0.717) is 23.4 Å². The van der Waals surface area contributed by atoms with Crippen LogP contribution in [0.1, 0.15) is 17.5 Å². The van der Waals surface area contributed by atoms with Gasteiger partial charge < -0.3 is 14.9 Å². The van der Waals surface area contributed by atoms with Crippen LogP contribution in [0.25, 0.3) is 6.08 Å². The van der Waals surface area contributed by atoms with Crippen LogP contribution < -0.4 is 9.46 Å². The first-order chi connectivity index (χ1) is 15.8. The summed E-state index contributed by atoms with van der Waals surface area (Å²) in [5, 5.41) is 19.1. The highest BCUT2D eigenvalue weighted by Gasteiger charge is 2.13. The summed E-state index contributed by atoms with van der Waals surface area (Å²) in [6.07, 6.45) is 2.63. The lowest BCUT2D eigenvalue weighted by atomic mass is 10.1. The van der Waals surface area contributed by atoms with Gasteiger partial charge in [-0.3, -0.25) is 9.52 Å². The fourth-order valence-corrected chi connectivity index (χ4v) is 4.14. The Labute approximate surface area is 193 Å². The Morgan fingerprint density at radius 1 is 1.00 bits per heavy atom. The zero-order chi connectivity index (χ0) is 23.7. The highest BCUT2D eigenvalue weighted by molar-refractivity contribution is 7.92. The monoisotopic (exact) mass is 467 g/mol. The molecule has 1 unspecified atom stereocenters. The van der Waals surface area contributed by atoms with Gasteiger partial charge >= 0.3 is 5.97 Å². The number of sulfonamides is 1. The molecule has 0 aliphatic heterocycles. The summed E-state index contributed by atoms with van der Waals surface area (Å²) >= 11 is 0. The Balaban J connectivity index is 1.60. The Kier molecular flexibility index (Phi) is 8.23. The molecular formula is C25H25NO6S. The zero-order valence-corrected chi connectivity index (χ0v) is 18.6. The molecule has 0 aliphatic rings. The van der Waals surface area contributed by atoms with Crippen molar-refractivity contribution in [3.05, 3.63) is 96.1 Å². The number of para-hydroxylation sites is 1. The van der Waals surface area contributed by atoms with E-state index in [1.807, 2.05) is 0 Å². The van der Waals surface area contributed by atoms with Crippen molar-refractivity contribution in [2.45, 2.75) is 23.8 Å². The van der Waals surface area contributed by atoms with Crippen LogP contribution in [0, 0.1) is 0 Å². The molecule has 0 heterocycles. The first kappa shape index (κ1) is 24.0. The molecule has 172 valence electrons. The van der Waals surface area contributed by atoms with E-state index >= 15 is 0 Å². The maximum atomic E-state index is 12.5. The molecular weight excluding hydrogens is 442 g/mol. The van der Waals surface area contributed by atoms with Crippen molar-refractivity contribution in [2.75, 3.05) is 11.3 Å². The number of benzene rings is 3. The number of hydrogen-bond donors (Lipinski definition) is 3. The van der Waals surface area contributed by atoms with Crippen LogP contribution in [0.2, 0.25) is 0 Å². The molecule has 0 aliphatic carbocycles. The molecule has 0 radical (unpaired) electrons. The number of carboxylic acids is 1. The second-order valence-electron chi connectivity index (χ2n) is 7.28. The van der Waals surface area contributed by atoms with E-state index in [0.717, 1.165) is 5.56 Å². The Bertz CT molecular complexity index is 1210. The van der Waals surface area contributed by atoms with E-state index in [9.17, 15) is 18.3 Å². The lowest BCUT2D eigenvalue weighted by Gasteiger charge is -2.13. The van der Waals surface area contributed by atoms with Crippen molar-refractivity contribution >= 4 is 27.8 Å². The number of ether oxygens (including phenoxy) is 1. The van der Waals surface area contributed by atoms with Crippen LogP contribution in [0.4, 0.5) is 5.69 Å². The number of aryl methyl sites for hydroxylation is 1. The van der Waals surface area contributed by atoms with Crippen molar-refractivity contribution in [3.8, 4) is 5.75 Å². The van der Waals surface area contributed by atoms with Gasteiger partial charge in [0.2, 0.25) is 0 Å². The topological polar surface area (TPSA) is 113 Å². The van der Waals surface area contributed by atoms with Crippen LogP contribution in [0.5, 0.6) is 5.75 Å². The molecule has 3 N–H and O–H groups in total. The molecule has 33 heavy (non-hydrogen) atoms. The molecule has 3 rings (SSSR count). The van der Waals surface area contributed by atoms with E-state index in [4.69, 9.17) is 9.84 Å². The molecule has 3 aromatic carbocycles. The number of aliphatic hydroxyl groups is 1. The molecule has 3 aromatic rings. The molecule has 0 bridgehead atoms. The quantitative estimate of drug-likeness (QED) is 0.393. The minimum Gasteiger partial charge on any atom is -0.490 e. The summed E-state index contributed by atoms with van der Waals surface area (Å²) in [4.78, 5) is 11.0. The van der Waals surface area contributed by atoms with E-state index < -0.39 is 22.1 Å². The second kappa shape index (κ2) is 11.3. The van der Waals surface area contributed by atoms with Gasteiger partial charge in [-0.25, -0.2) is 8.42 Å². The van der Waals surface area contributed by atoms with E-state index in [1.54, 1.807) is 78.9 Å². The highest BCUT2D eigenvalue weighted by Crippen LogP contribution is 2.21. The maximum Gasteiger partial charge on any atom is 0.303 e. The van der Waals surface area contributed by atoms with Crippen molar-refractivity contribution in [1.29, 1.82) is 0 Å². The van der Waals surface area contributed by atoms with E-state index in [1.165, 1.54) is 12.1 Å². The molecule has 0 saturated heterocycles.